The van der Waals surface area contributed by atoms with Crippen LogP contribution in [-0.4, -0.2) is 32.8 Å². The van der Waals surface area contributed by atoms with Crippen LogP contribution in [0.25, 0.3) is 0 Å². The van der Waals surface area contributed by atoms with Gasteiger partial charge in [-0.3, -0.25) is 14.9 Å². The highest BCUT2D eigenvalue weighted by atomic mass is 16.6. The van der Waals surface area contributed by atoms with E-state index in [0.717, 1.165) is 13.0 Å². The number of imidazole rings is 1. The first-order chi connectivity index (χ1) is 13.0. The molecule has 0 bridgehead atoms. The lowest BCUT2D eigenvalue weighted by molar-refractivity contribution is -0.384. The third kappa shape index (κ3) is 3.01. The van der Waals surface area contributed by atoms with Crippen LogP contribution in [0.5, 0.6) is 0 Å². The number of carbonyl (C=O) groups excluding carboxylic acids is 1. The second-order valence-electron chi connectivity index (χ2n) is 7.80. The minimum absolute atomic E-state index is 0.00785. The molecule has 4 rings (SSSR count). The smallest absolute Gasteiger partial charge is 0.293 e. The average Bonchev–Trinajstić information content (AvgIpc) is 3.24. The second kappa shape index (κ2) is 6.79. The van der Waals surface area contributed by atoms with E-state index in [1.54, 1.807) is 36.1 Å². The summed E-state index contributed by atoms with van der Waals surface area (Å²) >= 11 is 0. The number of nitrogens with zero attached hydrogens (tertiary/aromatic N) is 4. The summed E-state index contributed by atoms with van der Waals surface area (Å²) in [5.41, 5.74) is 0.943. The highest BCUT2D eigenvalue weighted by Gasteiger charge is 2.42. The number of hydrogen-bond donors (Lipinski definition) is 0. The molecule has 1 saturated heterocycles. The highest BCUT2D eigenvalue weighted by Crippen LogP contribution is 2.44. The average molecular weight is 368 g/mol. The van der Waals surface area contributed by atoms with Crippen molar-refractivity contribution in [3.8, 4) is 0 Å². The normalized spacial score (nSPS) is 24.7. The zero-order chi connectivity index (χ0) is 19.1. The van der Waals surface area contributed by atoms with Crippen LogP contribution in [0, 0.1) is 22.0 Å². The molecule has 3 atom stereocenters. The van der Waals surface area contributed by atoms with Crippen LogP contribution >= 0.6 is 0 Å². The van der Waals surface area contributed by atoms with Crippen LogP contribution < -0.4 is 4.90 Å². The number of carbonyl (C=O) groups is 1. The first-order valence-corrected chi connectivity index (χ1v) is 9.54. The van der Waals surface area contributed by atoms with E-state index >= 15 is 0 Å². The Hall–Kier alpha value is -2.70. The van der Waals surface area contributed by atoms with Gasteiger partial charge in [-0.15, -0.1) is 0 Å². The SMILES string of the molecule is CC1CN(c2ccc(C(=O)c3nccn3C)cc2[N+](=O)[O-])C2CCCCC12. The molecular weight excluding hydrogens is 344 g/mol. The Morgan fingerprint density at radius 1 is 1.30 bits per heavy atom. The van der Waals surface area contributed by atoms with Crippen molar-refractivity contribution in [2.45, 2.75) is 38.6 Å². The van der Waals surface area contributed by atoms with Crippen molar-refractivity contribution < 1.29 is 9.72 Å². The molecule has 7 heteroatoms. The Labute approximate surface area is 158 Å². The van der Waals surface area contributed by atoms with Crippen molar-refractivity contribution >= 4 is 17.2 Å². The van der Waals surface area contributed by atoms with Gasteiger partial charge < -0.3 is 9.47 Å². The molecule has 1 aliphatic heterocycles. The molecule has 2 fully saturated rings. The first-order valence-electron chi connectivity index (χ1n) is 9.54. The number of aromatic nitrogens is 2. The van der Waals surface area contributed by atoms with Gasteiger partial charge in [0.2, 0.25) is 5.78 Å². The molecule has 0 amide bonds. The molecule has 0 N–H and O–H groups in total. The van der Waals surface area contributed by atoms with E-state index in [9.17, 15) is 14.9 Å². The number of hydrogen-bond acceptors (Lipinski definition) is 5. The molecule has 2 aromatic rings. The van der Waals surface area contributed by atoms with Crippen molar-refractivity contribution in [1.29, 1.82) is 0 Å². The minimum Gasteiger partial charge on any atom is -0.362 e. The maximum Gasteiger partial charge on any atom is 0.293 e. The molecule has 142 valence electrons. The molecule has 0 spiro atoms. The molecule has 3 unspecified atom stereocenters. The van der Waals surface area contributed by atoms with Gasteiger partial charge >= 0.3 is 0 Å². The lowest BCUT2D eigenvalue weighted by Gasteiger charge is -2.33. The second-order valence-corrected chi connectivity index (χ2v) is 7.80. The van der Waals surface area contributed by atoms with E-state index in [0.29, 0.717) is 29.1 Å². The highest BCUT2D eigenvalue weighted by molar-refractivity contribution is 6.07. The standard InChI is InChI=1S/C20H24N4O3/c1-13-12-23(16-6-4-3-5-15(13)16)17-8-7-14(11-18(17)24(26)27)19(25)20-21-9-10-22(20)2/h7-11,13,15-16H,3-6,12H2,1-2H3. The summed E-state index contributed by atoms with van der Waals surface area (Å²) in [7, 11) is 1.73. The summed E-state index contributed by atoms with van der Waals surface area (Å²) in [6.07, 6.45) is 7.94. The lowest BCUT2D eigenvalue weighted by atomic mass is 9.80. The van der Waals surface area contributed by atoms with Crippen LogP contribution in [-0.2, 0) is 7.05 Å². The van der Waals surface area contributed by atoms with Gasteiger partial charge in [-0.2, -0.15) is 0 Å². The fraction of sp³-hybridized carbons (Fsp3) is 0.500. The van der Waals surface area contributed by atoms with Gasteiger partial charge in [0.25, 0.3) is 5.69 Å². The molecule has 27 heavy (non-hydrogen) atoms. The Morgan fingerprint density at radius 2 is 2.07 bits per heavy atom. The Balaban J connectivity index is 1.71. The number of aryl methyl sites for hydroxylation is 1. The zero-order valence-corrected chi connectivity index (χ0v) is 15.7. The predicted molar refractivity (Wildman–Crippen MR) is 102 cm³/mol. The summed E-state index contributed by atoms with van der Waals surface area (Å²) in [5.74, 6) is 1.11. The van der Waals surface area contributed by atoms with Gasteiger partial charge in [0, 0.05) is 43.7 Å². The Kier molecular flexibility index (Phi) is 4.45. The van der Waals surface area contributed by atoms with Crippen molar-refractivity contribution in [2.24, 2.45) is 18.9 Å². The maximum atomic E-state index is 12.7. The van der Waals surface area contributed by atoms with Crippen molar-refractivity contribution in [1.82, 2.24) is 9.55 Å². The number of anilines is 1. The van der Waals surface area contributed by atoms with Gasteiger partial charge in [0.05, 0.1) is 4.92 Å². The molecular formula is C20H24N4O3. The topological polar surface area (TPSA) is 81.3 Å². The van der Waals surface area contributed by atoms with Crippen molar-refractivity contribution in [3.63, 3.8) is 0 Å². The Morgan fingerprint density at radius 3 is 2.78 bits per heavy atom. The fourth-order valence-corrected chi connectivity index (χ4v) is 4.82. The van der Waals surface area contributed by atoms with Crippen LogP contribution in [0.4, 0.5) is 11.4 Å². The summed E-state index contributed by atoms with van der Waals surface area (Å²) < 4.78 is 1.62. The predicted octanol–water partition coefficient (Wildman–Crippen LogP) is 3.57. The van der Waals surface area contributed by atoms with E-state index in [2.05, 4.69) is 16.8 Å². The molecule has 1 aromatic carbocycles. The number of nitro groups is 1. The van der Waals surface area contributed by atoms with Crippen LogP contribution in [0.2, 0.25) is 0 Å². The number of nitro benzene ring substituents is 1. The van der Waals surface area contributed by atoms with Crippen LogP contribution in [0.3, 0.4) is 0 Å². The zero-order valence-electron chi connectivity index (χ0n) is 15.7. The quantitative estimate of drug-likeness (QED) is 0.468. The minimum atomic E-state index is -0.370. The molecule has 1 aliphatic carbocycles. The van der Waals surface area contributed by atoms with Gasteiger partial charge in [0.1, 0.15) is 5.69 Å². The van der Waals surface area contributed by atoms with Crippen LogP contribution in [0.1, 0.15) is 48.8 Å². The molecule has 2 heterocycles. The molecule has 1 saturated carbocycles. The maximum absolute atomic E-state index is 12.7. The van der Waals surface area contributed by atoms with Crippen molar-refractivity contribution in [2.75, 3.05) is 11.4 Å². The van der Waals surface area contributed by atoms with E-state index in [1.165, 1.54) is 25.3 Å². The van der Waals surface area contributed by atoms with E-state index in [4.69, 9.17) is 0 Å². The van der Waals surface area contributed by atoms with Crippen LogP contribution in [0.15, 0.2) is 30.6 Å². The summed E-state index contributed by atoms with van der Waals surface area (Å²) in [6, 6.07) is 5.22. The molecule has 2 aliphatic rings. The largest absolute Gasteiger partial charge is 0.362 e. The number of ketones is 1. The third-order valence-corrected chi connectivity index (χ3v) is 6.17. The van der Waals surface area contributed by atoms with E-state index in [-0.39, 0.29) is 22.2 Å². The van der Waals surface area contributed by atoms with E-state index < -0.39 is 0 Å². The number of rotatable bonds is 4. The van der Waals surface area contributed by atoms with Gasteiger partial charge in [-0.25, -0.2) is 4.98 Å². The fourth-order valence-electron chi connectivity index (χ4n) is 4.82. The molecule has 1 aromatic heterocycles. The lowest BCUT2D eigenvalue weighted by Crippen LogP contribution is -2.35. The summed E-state index contributed by atoms with van der Waals surface area (Å²) in [6.45, 7) is 3.08. The molecule has 7 nitrogen and oxygen atoms in total. The summed E-state index contributed by atoms with van der Waals surface area (Å²) in [5, 5.41) is 11.8. The van der Waals surface area contributed by atoms with Gasteiger partial charge in [-0.1, -0.05) is 19.8 Å². The first kappa shape index (κ1) is 17.7. The summed E-state index contributed by atoms with van der Waals surface area (Å²) in [4.78, 5) is 30.4. The monoisotopic (exact) mass is 368 g/mol. The van der Waals surface area contributed by atoms with Crippen molar-refractivity contribution in [3.05, 3.63) is 52.1 Å². The Bertz CT molecular complexity index is 891. The number of benzene rings is 1. The van der Waals surface area contributed by atoms with Gasteiger partial charge in [0.15, 0.2) is 5.82 Å². The number of fused-ring (bicyclic) bond motifs is 1. The van der Waals surface area contributed by atoms with E-state index in [1.807, 2.05) is 0 Å². The third-order valence-electron chi connectivity index (χ3n) is 6.17. The molecule has 0 radical (unpaired) electrons. The van der Waals surface area contributed by atoms with Gasteiger partial charge in [-0.05, 0) is 36.8 Å².